The Morgan fingerprint density at radius 2 is 2.29 bits per heavy atom. The smallest absolute Gasteiger partial charge is 0.143 e. The molecule has 0 aliphatic carbocycles. The lowest BCUT2D eigenvalue weighted by Gasteiger charge is -2.04. The third kappa shape index (κ3) is 1.69. The summed E-state index contributed by atoms with van der Waals surface area (Å²) in [5, 5.41) is 10.9. The van der Waals surface area contributed by atoms with Crippen molar-refractivity contribution in [2.45, 2.75) is 0 Å². The molecule has 0 aliphatic rings. The van der Waals surface area contributed by atoms with Crippen LogP contribution in [0.5, 0.6) is 5.75 Å². The Labute approximate surface area is 94.2 Å². The van der Waals surface area contributed by atoms with Crippen molar-refractivity contribution in [3.8, 4) is 11.4 Å². The van der Waals surface area contributed by atoms with Crippen LogP contribution >= 0.6 is 22.6 Å². The van der Waals surface area contributed by atoms with Crippen LogP contribution in [0.25, 0.3) is 5.69 Å². The van der Waals surface area contributed by atoms with E-state index >= 15 is 0 Å². The van der Waals surface area contributed by atoms with E-state index in [4.69, 9.17) is 4.74 Å². The Hall–Kier alpha value is -1.18. The van der Waals surface area contributed by atoms with Crippen molar-refractivity contribution >= 4 is 22.6 Å². The van der Waals surface area contributed by atoms with Gasteiger partial charge in [-0.2, -0.15) is 0 Å². The van der Waals surface area contributed by atoms with Crippen molar-refractivity contribution in [1.29, 1.82) is 0 Å². The molecule has 1 heterocycles. The van der Waals surface area contributed by atoms with Crippen LogP contribution in [-0.4, -0.2) is 27.3 Å². The molecule has 6 heteroatoms. The van der Waals surface area contributed by atoms with Crippen LogP contribution in [-0.2, 0) is 0 Å². The van der Waals surface area contributed by atoms with Crippen LogP contribution < -0.4 is 4.74 Å². The summed E-state index contributed by atoms with van der Waals surface area (Å²) >= 11 is 2.20. The lowest BCUT2D eigenvalue weighted by molar-refractivity contribution is 0.411. The van der Waals surface area contributed by atoms with Crippen LogP contribution in [0.2, 0.25) is 0 Å². The van der Waals surface area contributed by atoms with E-state index in [-0.39, 0.29) is 0 Å². The van der Waals surface area contributed by atoms with E-state index in [1.54, 1.807) is 18.1 Å². The predicted octanol–water partition coefficient (Wildman–Crippen LogP) is 1.28. The molecule has 0 N–H and O–H groups in total. The van der Waals surface area contributed by atoms with Gasteiger partial charge in [0.25, 0.3) is 0 Å². The first kappa shape index (κ1) is 9.38. The summed E-state index contributed by atoms with van der Waals surface area (Å²) in [5.41, 5.74) is 0.917. The van der Waals surface area contributed by atoms with Crippen molar-refractivity contribution in [3.63, 3.8) is 0 Å². The number of hydrogen-bond acceptors (Lipinski definition) is 4. The standard InChI is InChI=1S/C8H7IN4O/c1-14-8-3-2-6(4-7(8)9)13-5-10-11-12-13/h2-5H,1H3. The maximum atomic E-state index is 5.15. The summed E-state index contributed by atoms with van der Waals surface area (Å²) in [6, 6.07) is 5.74. The summed E-state index contributed by atoms with van der Waals surface area (Å²) in [6.45, 7) is 0. The molecule has 14 heavy (non-hydrogen) atoms. The van der Waals surface area contributed by atoms with Gasteiger partial charge in [0.05, 0.1) is 16.4 Å². The molecule has 5 nitrogen and oxygen atoms in total. The van der Waals surface area contributed by atoms with Crippen LogP contribution in [0, 0.1) is 3.57 Å². The predicted molar refractivity (Wildman–Crippen MR) is 58.4 cm³/mol. The molecule has 0 atom stereocenters. The van der Waals surface area contributed by atoms with Gasteiger partial charge in [-0.3, -0.25) is 0 Å². The zero-order chi connectivity index (χ0) is 9.97. The minimum absolute atomic E-state index is 0.849. The quantitative estimate of drug-likeness (QED) is 0.784. The van der Waals surface area contributed by atoms with E-state index in [2.05, 4.69) is 38.1 Å². The van der Waals surface area contributed by atoms with Gasteiger partial charge >= 0.3 is 0 Å². The molecule has 1 aromatic heterocycles. The molecule has 72 valence electrons. The molecule has 0 unspecified atom stereocenters. The monoisotopic (exact) mass is 302 g/mol. The second-order valence-electron chi connectivity index (χ2n) is 2.57. The van der Waals surface area contributed by atoms with E-state index in [1.807, 2.05) is 18.2 Å². The van der Waals surface area contributed by atoms with Gasteiger partial charge in [-0.15, -0.1) is 5.10 Å². The summed E-state index contributed by atoms with van der Waals surface area (Å²) in [4.78, 5) is 0. The zero-order valence-corrected chi connectivity index (χ0v) is 9.54. The highest BCUT2D eigenvalue weighted by molar-refractivity contribution is 14.1. The van der Waals surface area contributed by atoms with Gasteiger partial charge in [-0.1, -0.05) is 0 Å². The molecule has 0 aliphatic heterocycles. The highest BCUT2D eigenvalue weighted by Gasteiger charge is 2.03. The summed E-state index contributed by atoms with van der Waals surface area (Å²) in [5.74, 6) is 0.849. The van der Waals surface area contributed by atoms with Crippen LogP contribution in [0.4, 0.5) is 0 Å². The van der Waals surface area contributed by atoms with Crippen molar-refractivity contribution in [1.82, 2.24) is 20.2 Å². The second-order valence-corrected chi connectivity index (χ2v) is 3.74. The molecule has 0 bridgehead atoms. The highest BCUT2D eigenvalue weighted by Crippen LogP contribution is 2.22. The first-order valence-electron chi connectivity index (χ1n) is 3.88. The topological polar surface area (TPSA) is 52.8 Å². The van der Waals surface area contributed by atoms with E-state index < -0.39 is 0 Å². The fourth-order valence-electron chi connectivity index (χ4n) is 1.08. The molecule has 0 fully saturated rings. The fourth-order valence-corrected chi connectivity index (χ4v) is 1.80. The average Bonchev–Trinajstić information content (AvgIpc) is 2.70. The lowest BCUT2D eigenvalue weighted by Crippen LogP contribution is -1.96. The fraction of sp³-hybridized carbons (Fsp3) is 0.125. The zero-order valence-electron chi connectivity index (χ0n) is 7.38. The van der Waals surface area contributed by atoms with E-state index in [0.29, 0.717) is 0 Å². The van der Waals surface area contributed by atoms with Crippen molar-refractivity contribution in [2.24, 2.45) is 0 Å². The van der Waals surface area contributed by atoms with Gasteiger partial charge in [0, 0.05) is 0 Å². The molecular formula is C8H7IN4O. The first-order chi connectivity index (χ1) is 6.81. The van der Waals surface area contributed by atoms with Crippen LogP contribution in [0.15, 0.2) is 24.5 Å². The summed E-state index contributed by atoms with van der Waals surface area (Å²) in [6.07, 6.45) is 1.55. The van der Waals surface area contributed by atoms with Crippen molar-refractivity contribution in [2.75, 3.05) is 7.11 Å². The third-order valence-corrected chi connectivity index (χ3v) is 2.59. The number of aromatic nitrogens is 4. The Balaban J connectivity index is 2.43. The van der Waals surface area contributed by atoms with Crippen molar-refractivity contribution in [3.05, 3.63) is 28.1 Å². The minimum atomic E-state index is 0.849. The molecular weight excluding hydrogens is 295 g/mol. The molecule has 0 saturated heterocycles. The van der Waals surface area contributed by atoms with Gasteiger partial charge in [-0.25, -0.2) is 4.68 Å². The second kappa shape index (κ2) is 3.91. The molecule has 1 aromatic carbocycles. The maximum Gasteiger partial charge on any atom is 0.143 e. The molecule has 0 saturated carbocycles. The number of hydrogen-bond donors (Lipinski definition) is 0. The number of rotatable bonds is 2. The third-order valence-electron chi connectivity index (χ3n) is 1.75. The molecule has 2 aromatic rings. The Morgan fingerprint density at radius 1 is 1.43 bits per heavy atom. The Morgan fingerprint density at radius 3 is 2.86 bits per heavy atom. The number of tetrazole rings is 1. The number of halogens is 1. The normalized spacial score (nSPS) is 10.1. The van der Waals surface area contributed by atoms with Gasteiger partial charge in [0.2, 0.25) is 0 Å². The van der Waals surface area contributed by atoms with Gasteiger partial charge in [-0.05, 0) is 51.2 Å². The number of ether oxygens (including phenoxy) is 1. The molecule has 0 spiro atoms. The number of nitrogens with zero attached hydrogens (tertiary/aromatic N) is 4. The lowest BCUT2D eigenvalue weighted by atomic mass is 10.3. The molecule has 0 radical (unpaired) electrons. The molecule has 0 amide bonds. The average molecular weight is 302 g/mol. The largest absolute Gasteiger partial charge is 0.496 e. The maximum absolute atomic E-state index is 5.15. The van der Waals surface area contributed by atoms with Gasteiger partial charge in [0.15, 0.2) is 0 Å². The minimum Gasteiger partial charge on any atom is -0.496 e. The first-order valence-corrected chi connectivity index (χ1v) is 4.96. The van der Waals surface area contributed by atoms with Gasteiger partial charge < -0.3 is 4.74 Å². The van der Waals surface area contributed by atoms with Gasteiger partial charge in [0.1, 0.15) is 12.1 Å². The number of methoxy groups -OCH3 is 1. The van der Waals surface area contributed by atoms with E-state index in [1.165, 1.54) is 0 Å². The van der Waals surface area contributed by atoms with E-state index in [0.717, 1.165) is 15.0 Å². The van der Waals surface area contributed by atoms with Crippen molar-refractivity contribution < 1.29 is 4.74 Å². The Kier molecular flexibility index (Phi) is 2.62. The summed E-state index contributed by atoms with van der Waals surface area (Å²) < 4.78 is 7.77. The van der Waals surface area contributed by atoms with Crippen LogP contribution in [0.3, 0.4) is 0 Å². The van der Waals surface area contributed by atoms with Crippen LogP contribution in [0.1, 0.15) is 0 Å². The summed E-state index contributed by atoms with van der Waals surface area (Å²) in [7, 11) is 1.65. The molecule has 2 rings (SSSR count). The number of benzene rings is 1. The Bertz CT molecular complexity index is 429. The highest BCUT2D eigenvalue weighted by atomic mass is 127. The SMILES string of the molecule is COc1ccc(-n2cnnn2)cc1I. The van der Waals surface area contributed by atoms with E-state index in [9.17, 15) is 0 Å².